The number of nitrogens with zero attached hydrogens (tertiary/aromatic N) is 2. The van der Waals surface area contributed by atoms with Crippen LogP contribution in [0.3, 0.4) is 0 Å². The van der Waals surface area contributed by atoms with Gasteiger partial charge in [0.2, 0.25) is 11.8 Å². The first-order valence-electron chi connectivity index (χ1n) is 10.5. The molecule has 0 unspecified atom stereocenters. The Bertz CT molecular complexity index is 994. The van der Waals surface area contributed by atoms with Gasteiger partial charge in [-0.25, -0.2) is 0 Å². The minimum Gasteiger partial charge on any atom is -0.378 e. The lowest BCUT2D eigenvalue weighted by molar-refractivity contribution is -0.117. The Hall–Kier alpha value is -3.45. The Balaban J connectivity index is 1.40. The van der Waals surface area contributed by atoms with Gasteiger partial charge in [0.25, 0.3) is 5.91 Å². The minimum atomic E-state index is -0.318. The van der Waals surface area contributed by atoms with E-state index >= 15 is 0 Å². The van der Waals surface area contributed by atoms with Crippen LogP contribution in [0.4, 0.5) is 11.4 Å². The molecule has 2 aromatic carbocycles. The van der Waals surface area contributed by atoms with E-state index in [1.165, 1.54) is 6.08 Å². The van der Waals surface area contributed by atoms with Gasteiger partial charge in [0.15, 0.2) is 0 Å². The van der Waals surface area contributed by atoms with Crippen molar-refractivity contribution in [2.75, 3.05) is 43.1 Å². The number of hydrogen-bond acceptors (Lipinski definition) is 4. The lowest BCUT2D eigenvalue weighted by atomic mass is 10.1. The number of carbonyl (C=O) groups is 3. The molecule has 0 spiro atoms. The summed E-state index contributed by atoms with van der Waals surface area (Å²) in [5.74, 6) is -0.288. The summed E-state index contributed by atoms with van der Waals surface area (Å²) in [5, 5.41) is 2.81. The average molecular weight is 419 g/mol. The van der Waals surface area contributed by atoms with Gasteiger partial charge in [0.05, 0.1) is 24.5 Å². The van der Waals surface area contributed by atoms with Gasteiger partial charge in [0, 0.05) is 37.8 Å². The summed E-state index contributed by atoms with van der Waals surface area (Å²) in [4.78, 5) is 40.6. The van der Waals surface area contributed by atoms with Crippen molar-refractivity contribution >= 4 is 35.2 Å². The summed E-state index contributed by atoms with van der Waals surface area (Å²) >= 11 is 0. The fourth-order valence-corrected chi connectivity index (χ4v) is 3.75. The molecule has 2 saturated heterocycles. The number of nitrogens with one attached hydrogen (secondary N) is 1. The Kier molecular flexibility index (Phi) is 6.43. The molecule has 0 bridgehead atoms. The summed E-state index contributed by atoms with van der Waals surface area (Å²) in [6.45, 7) is 2.88. The first-order valence-corrected chi connectivity index (χ1v) is 10.5. The average Bonchev–Trinajstić information content (AvgIpc) is 3.24. The van der Waals surface area contributed by atoms with Gasteiger partial charge >= 0.3 is 0 Å². The van der Waals surface area contributed by atoms with E-state index in [2.05, 4.69) is 5.32 Å². The topological polar surface area (TPSA) is 79.0 Å². The van der Waals surface area contributed by atoms with E-state index in [4.69, 9.17) is 4.74 Å². The first-order chi connectivity index (χ1) is 15.1. The monoisotopic (exact) mass is 419 g/mol. The lowest BCUT2D eigenvalue weighted by Gasteiger charge is -2.27. The van der Waals surface area contributed by atoms with Crippen LogP contribution in [-0.2, 0) is 14.3 Å². The zero-order chi connectivity index (χ0) is 21.6. The zero-order valence-electron chi connectivity index (χ0n) is 17.3. The molecule has 0 radical (unpaired) electrons. The summed E-state index contributed by atoms with van der Waals surface area (Å²) in [6.07, 6.45) is 4.62. The van der Waals surface area contributed by atoms with Gasteiger partial charge in [-0.1, -0.05) is 24.3 Å². The Labute approximate surface area is 181 Å². The number of morpholine rings is 1. The van der Waals surface area contributed by atoms with Gasteiger partial charge in [-0.2, -0.15) is 0 Å². The van der Waals surface area contributed by atoms with Crippen LogP contribution < -0.4 is 10.2 Å². The molecular weight excluding hydrogens is 394 g/mol. The Morgan fingerprint density at radius 1 is 0.968 bits per heavy atom. The highest BCUT2D eigenvalue weighted by molar-refractivity contribution is 6.07. The number of ether oxygens (including phenoxy) is 1. The normalized spacial score (nSPS) is 16.7. The molecule has 1 N–H and O–H groups in total. The smallest absolute Gasteiger partial charge is 0.256 e. The van der Waals surface area contributed by atoms with Crippen LogP contribution in [0, 0.1) is 0 Å². The number of para-hydroxylation sites is 1. The molecule has 0 aliphatic carbocycles. The fourth-order valence-electron chi connectivity index (χ4n) is 3.75. The maximum atomic E-state index is 12.8. The number of anilines is 2. The summed E-state index contributed by atoms with van der Waals surface area (Å²) < 4.78 is 5.30. The molecule has 0 atom stereocenters. The molecule has 2 aliphatic rings. The van der Waals surface area contributed by atoms with E-state index in [-0.39, 0.29) is 17.7 Å². The second kappa shape index (κ2) is 9.57. The van der Waals surface area contributed by atoms with E-state index in [1.54, 1.807) is 40.1 Å². The maximum absolute atomic E-state index is 12.8. The Morgan fingerprint density at radius 3 is 2.42 bits per heavy atom. The van der Waals surface area contributed by atoms with Crippen LogP contribution in [0.5, 0.6) is 0 Å². The number of amides is 3. The van der Waals surface area contributed by atoms with Crippen LogP contribution >= 0.6 is 0 Å². The van der Waals surface area contributed by atoms with Crippen LogP contribution in [-0.4, -0.2) is 55.5 Å². The van der Waals surface area contributed by atoms with Gasteiger partial charge in [0.1, 0.15) is 0 Å². The highest BCUT2D eigenvalue weighted by Crippen LogP contribution is 2.22. The second-order valence-electron chi connectivity index (χ2n) is 7.51. The molecular formula is C24H25N3O4. The van der Waals surface area contributed by atoms with Crippen molar-refractivity contribution in [3.8, 4) is 0 Å². The summed E-state index contributed by atoms with van der Waals surface area (Å²) in [5.41, 5.74) is 2.67. The molecule has 7 heteroatoms. The molecule has 7 nitrogen and oxygen atoms in total. The van der Waals surface area contributed by atoms with Crippen LogP contribution in [0.2, 0.25) is 0 Å². The number of rotatable bonds is 5. The number of carbonyl (C=O) groups excluding carboxylic acids is 3. The molecule has 31 heavy (non-hydrogen) atoms. The van der Waals surface area contributed by atoms with E-state index in [0.717, 1.165) is 24.2 Å². The number of hydrogen-bond donors (Lipinski definition) is 1. The van der Waals surface area contributed by atoms with Crippen molar-refractivity contribution in [1.82, 2.24) is 4.90 Å². The summed E-state index contributed by atoms with van der Waals surface area (Å²) in [7, 11) is 0. The van der Waals surface area contributed by atoms with Crippen molar-refractivity contribution in [1.29, 1.82) is 0 Å². The predicted octanol–water partition coefficient (Wildman–Crippen LogP) is 2.94. The van der Waals surface area contributed by atoms with Crippen LogP contribution in [0.1, 0.15) is 28.8 Å². The maximum Gasteiger partial charge on any atom is 0.256 e. The standard InChI is InChI=1S/C24H25N3O4/c28-22(12-9-18-7-10-19(11-8-18)27-13-3-6-23(27)29)25-21-5-2-1-4-20(21)24(30)26-14-16-31-17-15-26/h1-2,4-5,7-12H,3,6,13-17H2,(H,25,28)/b12-9+. The molecule has 2 aromatic rings. The first kappa shape index (κ1) is 20.8. The zero-order valence-corrected chi connectivity index (χ0v) is 17.3. The van der Waals surface area contributed by atoms with Crippen LogP contribution in [0.25, 0.3) is 6.08 Å². The van der Waals surface area contributed by atoms with Crippen molar-refractivity contribution in [2.45, 2.75) is 12.8 Å². The van der Waals surface area contributed by atoms with Gasteiger partial charge < -0.3 is 19.9 Å². The molecule has 0 aromatic heterocycles. The second-order valence-corrected chi connectivity index (χ2v) is 7.51. The quantitative estimate of drug-likeness (QED) is 0.756. The molecule has 0 saturated carbocycles. The number of benzene rings is 2. The van der Waals surface area contributed by atoms with E-state index < -0.39 is 0 Å². The third kappa shape index (κ3) is 5.00. The minimum absolute atomic E-state index is 0.116. The van der Waals surface area contributed by atoms with Crippen molar-refractivity contribution in [3.63, 3.8) is 0 Å². The molecule has 2 heterocycles. The van der Waals surface area contributed by atoms with Crippen molar-refractivity contribution in [2.24, 2.45) is 0 Å². The molecule has 160 valence electrons. The third-order valence-corrected chi connectivity index (χ3v) is 5.42. The van der Waals surface area contributed by atoms with Gasteiger partial charge in [-0.15, -0.1) is 0 Å². The predicted molar refractivity (Wildman–Crippen MR) is 119 cm³/mol. The van der Waals surface area contributed by atoms with E-state index in [1.807, 2.05) is 24.3 Å². The van der Waals surface area contributed by atoms with Gasteiger partial charge in [-0.05, 0) is 42.3 Å². The van der Waals surface area contributed by atoms with Crippen molar-refractivity contribution in [3.05, 3.63) is 65.7 Å². The summed E-state index contributed by atoms with van der Waals surface area (Å²) in [6, 6.07) is 14.5. The van der Waals surface area contributed by atoms with Crippen molar-refractivity contribution < 1.29 is 19.1 Å². The highest BCUT2D eigenvalue weighted by Gasteiger charge is 2.22. The lowest BCUT2D eigenvalue weighted by Crippen LogP contribution is -2.41. The SMILES string of the molecule is O=C(/C=C/c1ccc(N2CCCC2=O)cc1)Nc1ccccc1C(=O)N1CCOCC1. The molecule has 2 aliphatic heterocycles. The van der Waals surface area contributed by atoms with E-state index in [0.29, 0.717) is 44.0 Å². The van der Waals surface area contributed by atoms with Crippen LogP contribution in [0.15, 0.2) is 54.6 Å². The largest absolute Gasteiger partial charge is 0.378 e. The molecule has 3 amide bonds. The highest BCUT2D eigenvalue weighted by atomic mass is 16.5. The fraction of sp³-hybridized carbons (Fsp3) is 0.292. The third-order valence-electron chi connectivity index (χ3n) is 5.42. The molecule has 4 rings (SSSR count). The Morgan fingerprint density at radius 2 is 1.71 bits per heavy atom. The van der Waals surface area contributed by atoms with E-state index in [9.17, 15) is 14.4 Å². The molecule has 2 fully saturated rings. The van der Waals surface area contributed by atoms with Gasteiger partial charge in [-0.3, -0.25) is 14.4 Å².